The molecule has 27 heavy (non-hydrogen) atoms. The van der Waals surface area contributed by atoms with E-state index in [1.54, 1.807) is 12.1 Å². The molecular weight excluding hydrogens is 345 g/mol. The summed E-state index contributed by atoms with van der Waals surface area (Å²) in [6.45, 7) is 5.19. The van der Waals surface area contributed by atoms with Crippen LogP contribution in [0.25, 0.3) is 0 Å². The molecule has 0 bridgehead atoms. The van der Waals surface area contributed by atoms with Gasteiger partial charge in [-0.3, -0.25) is 14.5 Å². The topological polar surface area (TPSA) is 52.7 Å². The highest BCUT2D eigenvalue weighted by molar-refractivity contribution is 5.82. The van der Waals surface area contributed by atoms with Crippen molar-refractivity contribution in [1.29, 1.82) is 0 Å². The van der Waals surface area contributed by atoms with Crippen LogP contribution in [0.4, 0.5) is 4.39 Å². The quantitative estimate of drug-likeness (QED) is 0.831. The van der Waals surface area contributed by atoms with E-state index >= 15 is 0 Å². The van der Waals surface area contributed by atoms with Gasteiger partial charge in [-0.2, -0.15) is 0 Å². The Bertz CT molecular complexity index is 635. The molecule has 6 heteroatoms. The van der Waals surface area contributed by atoms with Crippen molar-refractivity contribution in [2.75, 3.05) is 26.2 Å². The van der Waals surface area contributed by atoms with Gasteiger partial charge in [0.25, 0.3) is 0 Å². The summed E-state index contributed by atoms with van der Waals surface area (Å²) in [7, 11) is 0. The van der Waals surface area contributed by atoms with E-state index in [-0.39, 0.29) is 23.7 Å². The number of hydrogen-bond donors (Lipinski definition) is 1. The molecule has 1 atom stereocenters. The Balaban J connectivity index is 1.61. The molecule has 0 spiro atoms. The highest BCUT2D eigenvalue weighted by Crippen LogP contribution is 2.31. The fourth-order valence-corrected chi connectivity index (χ4v) is 4.32. The van der Waals surface area contributed by atoms with E-state index in [0.29, 0.717) is 32.0 Å². The number of nitrogens with zero attached hydrogens (tertiary/aromatic N) is 2. The molecule has 1 saturated heterocycles. The molecule has 1 aliphatic carbocycles. The molecule has 0 radical (unpaired) electrons. The number of amides is 2. The number of benzene rings is 1. The zero-order valence-electron chi connectivity index (χ0n) is 16.1. The predicted molar refractivity (Wildman–Crippen MR) is 102 cm³/mol. The smallest absolute Gasteiger partial charge is 0.237 e. The van der Waals surface area contributed by atoms with Crippen LogP contribution in [-0.2, 0) is 16.1 Å². The molecule has 1 heterocycles. The van der Waals surface area contributed by atoms with Gasteiger partial charge >= 0.3 is 0 Å². The molecule has 2 aliphatic rings. The fourth-order valence-electron chi connectivity index (χ4n) is 4.32. The first-order valence-electron chi connectivity index (χ1n) is 10.1. The second-order valence-corrected chi connectivity index (χ2v) is 7.60. The third-order valence-corrected chi connectivity index (χ3v) is 5.86. The molecule has 3 rings (SSSR count). The van der Waals surface area contributed by atoms with Crippen LogP contribution in [0.5, 0.6) is 0 Å². The number of halogens is 1. The predicted octanol–water partition coefficient (Wildman–Crippen LogP) is 2.55. The highest BCUT2D eigenvalue weighted by Gasteiger charge is 2.37. The lowest BCUT2D eigenvalue weighted by molar-refractivity contribution is -0.135. The minimum absolute atomic E-state index is 0.0569. The normalized spacial score (nSPS) is 19.9. The summed E-state index contributed by atoms with van der Waals surface area (Å²) in [6, 6.07) is 6.11. The lowest BCUT2D eigenvalue weighted by Crippen LogP contribution is -2.57. The number of hydrogen-bond acceptors (Lipinski definition) is 3. The molecule has 1 aromatic rings. The van der Waals surface area contributed by atoms with Crippen molar-refractivity contribution in [2.45, 2.75) is 51.6 Å². The van der Waals surface area contributed by atoms with Crippen molar-refractivity contribution in [3.05, 3.63) is 35.6 Å². The Kier molecular flexibility index (Phi) is 6.83. The van der Waals surface area contributed by atoms with Crippen LogP contribution in [-0.4, -0.2) is 53.8 Å². The van der Waals surface area contributed by atoms with E-state index in [1.807, 2.05) is 11.8 Å². The van der Waals surface area contributed by atoms with Gasteiger partial charge in [0, 0.05) is 39.1 Å². The van der Waals surface area contributed by atoms with Crippen molar-refractivity contribution in [1.82, 2.24) is 15.1 Å². The summed E-state index contributed by atoms with van der Waals surface area (Å²) < 4.78 is 13.1. The molecule has 2 amide bonds. The highest BCUT2D eigenvalue weighted by atomic mass is 19.1. The lowest BCUT2D eigenvalue weighted by Gasteiger charge is -2.40. The SMILES string of the molecule is CCC(=O)N1CCN([C@@H](C(=O)NCc2ccc(F)cc2)C2CCCC2)CC1. The average Bonchev–Trinajstić information content (AvgIpc) is 3.22. The molecule has 1 aliphatic heterocycles. The third kappa shape index (κ3) is 5.06. The number of rotatable bonds is 6. The lowest BCUT2D eigenvalue weighted by atomic mass is 9.95. The van der Waals surface area contributed by atoms with Crippen molar-refractivity contribution >= 4 is 11.8 Å². The third-order valence-electron chi connectivity index (χ3n) is 5.86. The Morgan fingerprint density at radius 2 is 1.74 bits per heavy atom. The molecular formula is C21H30FN3O2. The Morgan fingerprint density at radius 3 is 2.33 bits per heavy atom. The van der Waals surface area contributed by atoms with Crippen LogP contribution in [0.3, 0.4) is 0 Å². The zero-order chi connectivity index (χ0) is 19.2. The summed E-state index contributed by atoms with van der Waals surface area (Å²) in [4.78, 5) is 29.1. The summed E-state index contributed by atoms with van der Waals surface area (Å²) in [5.74, 6) is 0.356. The van der Waals surface area contributed by atoms with Gasteiger partial charge in [-0.25, -0.2) is 4.39 Å². The largest absolute Gasteiger partial charge is 0.351 e. The average molecular weight is 375 g/mol. The summed E-state index contributed by atoms with van der Waals surface area (Å²) in [5, 5.41) is 3.05. The minimum Gasteiger partial charge on any atom is -0.351 e. The van der Waals surface area contributed by atoms with Gasteiger partial charge in [0.05, 0.1) is 6.04 Å². The Hall–Kier alpha value is -1.95. The number of carbonyl (C=O) groups is 2. The van der Waals surface area contributed by atoms with Gasteiger partial charge in [0.2, 0.25) is 11.8 Å². The monoisotopic (exact) mass is 375 g/mol. The molecule has 148 valence electrons. The van der Waals surface area contributed by atoms with Gasteiger partial charge in [-0.05, 0) is 36.5 Å². The second-order valence-electron chi connectivity index (χ2n) is 7.60. The summed E-state index contributed by atoms with van der Waals surface area (Å²) in [6.07, 6.45) is 5.07. The van der Waals surface area contributed by atoms with E-state index < -0.39 is 0 Å². The molecule has 2 fully saturated rings. The van der Waals surface area contributed by atoms with Crippen molar-refractivity contribution < 1.29 is 14.0 Å². The molecule has 0 aromatic heterocycles. The van der Waals surface area contributed by atoms with Crippen molar-refractivity contribution in [3.8, 4) is 0 Å². The van der Waals surface area contributed by atoms with Crippen LogP contribution >= 0.6 is 0 Å². The molecule has 1 N–H and O–H groups in total. The maximum atomic E-state index is 13.1. The molecule has 5 nitrogen and oxygen atoms in total. The number of nitrogens with one attached hydrogen (secondary N) is 1. The van der Waals surface area contributed by atoms with E-state index in [1.165, 1.54) is 25.0 Å². The first-order valence-corrected chi connectivity index (χ1v) is 10.1. The fraction of sp³-hybridized carbons (Fsp3) is 0.619. The van der Waals surface area contributed by atoms with Crippen LogP contribution < -0.4 is 5.32 Å². The Labute approximate surface area is 160 Å². The van der Waals surface area contributed by atoms with Crippen molar-refractivity contribution in [2.24, 2.45) is 5.92 Å². The van der Waals surface area contributed by atoms with Crippen LogP contribution in [0.15, 0.2) is 24.3 Å². The van der Waals surface area contributed by atoms with E-state index in [9.17, 15) is 14.0 Å². The van der Waals surface area contributed by atoms with Gasteiger partial charge < -0.3 is 10.2 Å². The van der Waals surface area contributed by atoms with Gasteiger partial charge in [-0.1, -0.05) is 31.9 Å². The van der Waals surface area contributed by atoms with E-state index in [4.69, 9.17) is 0 Å². The van der Waals surface area contributed by atoms with Crippen LogP contribution in [0, 0.1) is 11.7 Å². The van der Waals surface area contributed by atoms with E-state index in [0.717, 1.165) is 31.5 Å². The molecule has 1 aromatic carbocycles. The van der Waals surface area contributed by atoms with Gasteiger partial charge in [0.15, 0.2) is 0 Å². The first kappa shape index (κ1) is 19.8. The standard InChI is InChI=1S/C21H30FN3O2/c1-2-19(26)24-11-13-25(14-12-24)20(17-5-3-4-6-17)21(27)23-15-16-7-9-18(22)10-8-16/h7-10,17,20H,2-6,11-15H2,1H3,(H,23,27)/t20-/m1/s1. The molecule has 1 saturated carbocycles. The first-order chi connectivity index (χ1) is 13.1. The van der Waals surface area contributed by atoms with Gasteiger partial charge in [0.1, 0.15) is 5.82 Å². The van der Waals surface area contributed by atoms with Crippen LogP contribution in [0.1, 0.15) is 44.6 Å². The maximum absolute atomic E-state index is 13.1. The van der Waals surface area contributed by atoms with Crippen LogP contribution in [0.2, 0.25) is 0 Å². The maximum Gasteiger partial charge on any atom is 0.237 e. The summed E-state index contributed by atoms with van der Waals surface area (Å²) >= 11 is 0. The van der Waals surface area contributed by atoms with E-state index in [2.05, 4.69) is 10.2 Å². The zero-order valence-corrected chi connectivity index (χ0v) is 16.1. The number of piperazine rings is 1. The second kappa shape index (κ2) is 9.31. The number of carbonyl (C=O) groups excluding carboxylic acids is 2. The Morgan fingerprint density at radius 1 is 1.11 bits per heavy atom. The molecule has 0 unspecified atom stereocenters. The summed E-state index contributed by atoms with van der Waals surface area (Å²) in [5.41, 5.74) is 0.897. The van der Waals surface area contributed by atoms with Gasteiger partial charge in [-0.15, -0.1) is 0 Å². The minimum atomic E-state index is -0.270. The van der Waals surface area contributed by atoms with Crippen molar-refractivity contribution in [3.63, 3.8) is 0 Å².